The van der Waals surface area contributed by atoms with E-state index in [0.29, 0.717) is 36.1 Å². The Labute approximate surface area is 150 Å². The van der Waals surface area contributed by atoms with Crippen molar-refractivity contribution in [1.29, 1.82) is 0 Å². The van der Waals surface area contributed by atoms with Gasteiger partial charge in [0.1, 0.15) is 5.82 Å². The van der Waals surface area contributed by atoms with Gasteiger partial charge in [0, 0.05) is 19.1 Å². The van der Waals surface area contributed by atoms with E-state index in [2.05, 4.69) is 15.3 Å². The van der Waals surface area contributed by atoms with E-state index in [1.54, 1.807) is 17.9 Å². The molecule has 1 aromatic heterocycles. The van der Waals surface area contributed by atoms with Crippen molar-refractivity contribution in [3.63, 3.8) is 0 Å². The van der Waals surface area contributed by atoms with Gasteiger partial charge < -0.3 is 15.0 Å². The number of hydrogen-bond donors (Lipinski definition) is 1. The number of piperidine rings is 1. The highest BCUT2D eigenvalue weighted by atomic mass is 35.5. The quantitative estimate of drug-likeness (QED) is 0.830. The maximum atomic E-state index is 11.8. The van der Waals surface area contributed by atoms with Gasteiger partial charge >= 0.3 is 6.09 Å². The number of amides is 1. The highest BCUT2D eigenvalue weighted by molar-refractivity contribution is 6.36. The number of benzene rings is 1. The minimum absolute atomic E-state index is 0.177. The fourth-order valence-electron chi connectivity index (χ4n) is 2.83. The maximum Gasteiger partial charge on any atom is 0.409 e. The lowest BCUT2D eigenvalue weighted by molar-refractivity contribution is 0.0983. The highest BCUT2D eigenvalue weighted by Crippen LogP contribution is 2.30. The second-order valence-corrected chi connectivity index (χ2v) is 6.33. The average Bonchev–Trinajstić information content (AvgIpc) is 2.55. The van der Waals surface area contributed by atoms with Crippen molar-refractivity contribution in [2.75, 3.05) is 25.0 Å². The van der Waals surface area contributed by atoms with E-state index in [0.717, 1.165) is 18.2 Å². The summed E-state index contributed by atoms with van der Waals surface area (Å²) in [7, 11) is 0. The van der Waals surface area contributed by atoms with Gasteiger partial charge in [0.25, 0.3) is 0 Å². The molecule has 2 heterocycles. The molecule has 1 amide bonds. The number of ether oxygens (including phenoxy) is 1. The van der Waals surface area contributed by atoms with Crippen LogP contribution in [0, 0.1) is 0 Å². The van der Waals surface area contributed by atoms with Crippen molar-refractivity contribution in [3.05, 3.63) is 28.5 Å². The zero-order chi connectivity index (χ0) is 17.1. The van der Waals surface area contributed by atoms with Crippen molar-refractivity contribution in [2.45, 2.75) is 25.8 Å². The zero-order valence-electron chi connectivity index (χ0n) is 13.3. The van der Waals surface area contributed by atoms with Crippen molar-refractivity contribution in [3.8, 4) is 0 Å². The molecule has 2 aromatic rings. The van der Waals surface area contributed by atoms with E-state index >= 15 is 0 Å². The second kappa shape index (κ2) is 7.40. The van der Waals surface area contributed by atoms with Crippen LogP contribution >= 0.6 is 23.2 Å². The number of carbonyl (C=O) groups is 1. The standard InChI is InChI=1S/C16H18Cl2N4O2/c1-2-24-16(23)22-8-6-10(7-9-22)19-14-13-11(17)4-3-5-12(13)20-15(18)21-14/h3-5,10H,2,6-9H2,1H3,(H,19,20,21). The summed E-state index contributed by atoms with van der Waals surface area (Å²) in [6, 6.07) is 5.66. The molecule has 3 rings (SSSR count). The number of nitrogens with zero attached hydrogens (tertiary/aromatic N) is 3. The molecule has 128 valence electrons. The molecule has 24 heavy (non-hydrogen) atoms. The van der Waals surface area contributed by atoms with Crippen LogP contribution in [-0.2, 0) is 4.74 Å². The number of halogens is 2. The van der Waals surface area contributed by atoms with Crippen LogP contribution in [0.15, 0.2) is 18.2 Å². The molecule has 0 aliphatic carbocycles. The third kappa shape index (κ3) is 3.65. The molecular weight excluding hydrogens is 351 g/mol. The van der Waals surface area contributed by atoms with E-state index in [-0.39, 0.29) is 17.4 Å². The lowest BCUT2D eigenvalue weighted by Crippen LogP contribution is -2.42. The predicted molar refractivity (Wildman–Crippen MR) is 94.8 cm³/mol. The molecule has 1 aliphatic rings. The number of carbonyl (C=O) groups excluding carboxylic acids is 1. The van der Waals surface area contributed by atoms with E-state index in [9.17, 15) is 4.79 Å². The van der Waals surface area contributed by atoms with Crippen molar-refractivity contribution >= 4 is 46.0 Å². The predicted octanol–water partition coefficient (Wildman–Crippen LogP) is 3.97. The SMILES string of the molecule is CCOC(=O)N1CCC(Nc2nc(Cl)nc3cccc(Cl)c23)CC1. The molecule has 8 heteroatoms. The van der Waals surface area contributed by atoms with Crippen LogP contribution in [-0.4, -0.2) is 46.7 Å². The van der Waals surface area contributed by atoms with E-state index < -0.39 is 0 Å². The normalized spacial score (nSPS) is 15.5. The third-order valence-corrected chi connectivity index (χ3v) is 4.49. The number of aromatic nitrogens is 2. The van der Waals surface area contributed by atoms with Crippen LogP contribution < -0.4 is 5.32 Å². The molecule has 0 spiro atoms. The van der Waals surface area contributed by atoms with Gasteiger partial charge in [-0.15, -0.1) is 0 Å². The van der Waals surface area contributed by atoms with Crippen LogP contribution in [0.3, 0.4) is 0 Å². The molecule has 0 unspecified atom stereocenters. The molecule has 0 atom stereocenters. The summed E-state index contributed by atoms with van der Waals surface area (Å²) in [5, 5.41) is 4.92. The number of anilines is 1. The molecule has 1 saturated heterocycles. The molecule has 6 nitrogen and oxygen atoms in total. The first-order valence-corrected chi connectivity index (χ1v) is 8.64. The Kier molecular flexibility index (Phi) is 5.26. The molecule has 1 fully saturated rings. The molecule has 1 N–H and O–H groups in total. The number of hydrogen-bond acceptors (Lipinski definition) is 5. The van der Waals surface area contributed by atoms with Crippen LogP contribution in [0.2, 0.25) is 10.3 Å². The van der Waals surface area contributed by atoms with Crippen LogP contribution in [0.4, 0.5) is 10.6 Å². The summed E-state index contributed by atoms with van der Waals surface area (Å²) >= 11 is 12.3. The van der Waals surface area contributed by atoms with Gasteiger partial charge in [0.2, 0.25) is 5.28 Å². The Balaban J connectivity index is 1.74. The van der Waals surface area contributed by atoms with Gasteiger partial charge in [0.15, 0.2) is 0 Å². The van der Waals surface area contributed by atoms with E-state index in [1.807, 2.05) is 12.1 Å². The number of fused-ring (bicyclic) bond motifs is 1. The molecule has 0 radical (unpaired) electrons. The summed E-state index contributed by atoms with van der Waals surface area (Å²) in [6.45, 7) is 3.48. The minimum Gasteiger partial charge on any atom is -0.450 e. The Hall–Kier alpha value is -1.79. The zero-order valence-corrected chi connectivity index (χ0v) is 14.8. The summed E-state index contributed by atoms with van der Waals surface area (Å²) in [6.07, 6.45) is 1.34. The van der Waals surface area contributed by atoms with Crippen molar-refractivity contribution in [2.24, 2.45) is 0 Å². The Morgan fingerprint density at radius 3 is 2.79 bits per heavy atom. The monoisotopic (exact) mass is 368 g/mol. The topological polar surface area (TPSA) is 67.3 Å². The van der Waals surface area contributed by atoms with Gasteiger partial charge in [0.05, 0.1) is 22.5 Å². The third-order valence-electron chi connectivity index (χ3n) is 4.01. The van der Waals surface area contributed by atoms with Gasteiger partial charge in [-0.2, -0.15) is 0 Å². The van der Waals surface area contributed by atoms with Crippen LogP contribution in [0.25, 0.3) is 10.9 Å². The van der Waals surface area contributed by atoms with Crippen molar-refractivity contribution in [1.82, 2.24) is 14.9 Å². The Morgan fingerprint density at radius 1 is 1.33 bits per heavy atom. The summed E-state index contributed by atoms with van der Waals surface area (Å²) < 4.78 is 5.04. The first-order valence-electron chi connectivity index (χ1n) is 7.88. The molecule has 0 bridgehead atoms. The average molecular weight is 369 g/mol. The Morgan fingerprint density at radius 2 is 2.08 bits per heavy atom. The first kappa shape index (κ1) is 17.0. The Bertz CT molecular complexity index is 748. The highest BCUT2D eigenvalue weighted by Gasteiger charge is 2.24. The number of likely N-dealkylation sites (tertiary alicyclic amines) is 1. The first-order chi connectivity index (χ1) is 11.6. The van der Waals surface area contributed by atoms with Gasteiger partial charge in [-0.1, -0.05) is 17.7 Å². The molecular formula is C16H18Cl2N4O2. The summed E-state index contributed by atoms with van der Waals surface area (Å²) in [5.74, 6) is 0.630. The van der Waals surface area contributed by atoms with Crippen molar-refractivity contribution < 1.29 is 9.53 Å². The molecule has 1 aliphatic heterocycles. The van der Waals surface area contributed by atoms with Crippen LogP contribution in [0.5, 0.6) is 0 Å². The van der Waals surface area contributed by atoms with Crippen LogP contribution in [0.1, 0.15) is 19.8 Å². The minimum atomic E-state index is -0.255. The smallest absolute Gasteiger partial charge is 0.409 e. The second-order valence-electron chi connectivity index (χ2n) is 5.58. The molecule has 1 aromatic carbocycles. The summed E-state index contributed by atoms with van der Waals surface area (Å²) in [4.78, 5) is 22.0. The van der Waals surface area contributed by atoms with Gasteiger partial charge in [-0.3, -0.25) is 0 Å². The van der Waals surface area contributed by atoms with E-state index in [4.69, 9.17) is 27.9 Å². The molecule has 0 saturated carbocycles. The lowest BCUT2D eigenvalue weighted by atomic mass is 10.1. The van der Waals surface area contributed by atoms with E-state index in [1.165, 1.54) is 0 Å². The summed E-state index contributed by atoms with van der Waals surface area (Å²) in [5.41, 5.74) is 0.703. The maximum absolute atomic E-state index is 11.8. The fraction of sp³-hybridized carbons (Fsp3) is 0.438. The van der Waals surface area contributed by atoms with Gasteiger partial charge in [-0.25, -0.2) is 14.8 Å². The lowest BCUT2D eigenvalue weighted by Gasteiger charge is -2.32. The van der Waals surface area contributed by atoms with Gasteiger partial charge in [-0.05, 0) is 43.5 Å². The number of rotatable bonds is 3. The largest absolute Gasteiger partial charge is 0.450 e. The fourth-order valence-corrected chi connectivity index (χ4v) is 3.27. The number of nitrogens with one attached hydrogen (secondary N) is 1.